The van der Waals surface area contributed by atoms with Crippen LogP contribution >= 0.6 is 0 Å². The predicted octanol–water partition coefficient (Wildman–Crippen LogP) is 3.99. The minimum absolute atomic E-state index is 0.143. The lowest BCUT2D eigenvalue weighted by Crippen LogP contribution is -2.22. The van der Waals surface area contributed by atoms with E-state index in [0.717, 1.165) is 36.3 Å². The number of nitrogens with zero attached hydrogens (tertiary/aromatic N) is 1. The molecule has 0 aromatic heterocycles. The van der Waals surface area contributed by atoms with Crippen molar-refractivity contribution in [2.45, 2.75) is 52.2 Å². The second-order valence-electron chi connectivity index (χ2n) is 6.93. The number of anilines is 1. The van der Waals surface area contributed by atoms with Gasteiger partial charge in [-0.05, 0) is 81.0 Å². The summed E-state index contributed by atoms with van der Waals surface area (Å²) in [5, 5.41) is 13.3. The van der Waals surface area contributed by atoms with Gasteiger partial charge in [0.05, 0.1) is 12.6 Å². The van der Waals surface area contributed by atoms with Gasteiger partial charge in [-0.25, -0.2) is 4.99 Å². The van der Waals surface area contributed by atoms with Crippen LogP contribution in [0, 0.1) is 0 Å². The van der Waals surface area contributed by atoms with Gasteiger partial charge in [0.1, 0.15) is 11.5 Å². The highest BCUT2D eigenvalue weighted by molar-refractivity contribution is 5.92. The van der Waals surface area contributed by atoms with Crippen molar-refractivity contribution < 1.29 is 9.84 Å². The van der Waals surface area contributed by atoms with Gasteiger partial charge in [0.2, 0.25) is 0 Å². The summed E-state index contributed by atoms with van der Waals surface area (Å²) >= 11 is 0. The summed E-state index contributed by atoms with van der Waals surface area (Å²) in [7, 11) is 0. The molecule has 138 valence electrons. The molecular formula is C21H27N3O2. The molecule has 0 radical (unpaired) electrons. The Morgan fingerprint density at radius 3 is 2.62 bits per heavy atom. The normalized spacial score (nSPS) is 14.2. The number of hydrogen-bond donors (Lipinski definition) is 3. The lowest BCUT2D eigenvalue weighted by Gasteiger charge is -2.19. The summed E-state index contributed by atoms with van der Waals surface area (Å²) in [4.78, 5) is 4.42. The lowest BCUT2D eigenvalue weighted by atomic mass is 9.88. The van der Waals surface area contributed by atoms with Crippen molar-refractivity contribution in [2.24, 2.45) is 10.7 Å². The Balaban J connectivity index is 1.67. The number of hydrogen-bond acceptors (Lipinski definition) is 3. The highest BCUT2D eigenvalue weighted by atomic mass is 16.5. The maximum atomic E-state index is 10.2. The first-order chi connectivity index (χ1) is 12.5. The van der Waals surface area contributed by atoms with Crippen LogP contribution in [0.15, 0.2) is 41.4 Å². The molecule has 0 fully saturated rings. The number of nitrogens with one attached hydrogen (secondary N) is 1. The van der Waals surface area contributed by atoms with Crippen molar-refractivity contribution in [3.63, 3.8) is 0 Å². The van der Waals surface area contributed by atoms with E-state index in [2.05, 4.69) is 10.3 Å². The molecule has 5 nitrogen and oxygen atoms in total. The molecule has 0 saturated carbocycles. The van der Waals surface area contributed by atoms with Gasteiger partial charge < -0.3 is 20.9 Å². The molecule has 5 heteroatoms. The molecule has 0 bridgehead atoms. The number of phenolic OH excluding ortho intramolecular Hbond substituents is 1. The minimum atomic E-state index is 0.143. The Bertz CT molecular complexity index is 783. The minimum Gasteiger partial charge on any atom is -0.508 e. The Labute approximate surface area is 154 Å². The Hall–Kier alpha value is -2.69. The zero-order chi connectivity index (χ0) is 18.5. The Morgan fingerprint density at radius 1 is 1.15 bits per heavy atom. The maximum Gasteiger partial charge on any atom is 0.193 e. The van der Waals surface area contributed by atoms with E-state index in [1.807, 2.05) is 44.2 Å². The van der Waals surface area contributed by atoms with Gasteiger partial charge in [-0.3, -0.25) is 0 Å². The van der Waals surface area contributed by atoms with Crippen molar-refractivity contribution in [1.82, 2.24) is 0 Å². The van der Waals surface area contributed by atoms with E-state index in [1.165, 1.54) is 17.5 Å². The van der Waals surface area contributed by atoms with Crippen molar-refractivity contribution in [1.29, 1.82) is 0 Å². The number of aryl methyl sites for hydroxylation is 1. The molecule has 0 spiro atoms. The van der Waals surface area contributed by atoms with E-state index < -0.39 is 0 Å². The van der Waals surface area contributed by atoms with E-state index in [4.69, 9.17) is 10.5 Å². The second-order valence-corrected chi connectivity index (χ2v) is 6.93. The van der Waals surface area contributed by atoms with Gasteiger partial charge in [-0.1, -0.05) is 6.07 Å². The van der Waals surface area contributed by atoms with Crippen molar-refractivity contribution >= 4 is 11.6 Å². The Kier molecular flexibility index (Phi) is 5.66. The molecule has 26 heavy (non-hydrogen) atoms. The monoisotopic (exact) mass is 353 g/mol. The van der Waals surface area contributed by atoms with Gasteiger partial charge in [0, 0.05) is 11.3 Å². The summed E-state index contributed by atoms with van der Waals surface area (Å²) in [6, 6.07) is 11.4. The smallest absolute Gasteiger partial charge is 0.193 e. The quantitative estimate of drug-likeness (QED) is 0.561. The summed E-state index contributed by atoms with van der Waals surface area (Å²) < 4.78 is 5.63. The third kappa shape index (κ3) is 4.48. The lowest BCUT2D eigenvalue weighted by molar-refractivity contribution is 0.242. The van der Waals surface area contributed by atoms with E-state index >= 15 is 0 Å². The first-order valence-electron chi connectivity index (χ1n) is 9.19. The van der Waals surface area contributed by atoms with Crippen LogP contribution < -0.4 is 15.8 Å². The highest BCUT2D eigenvalue weighted by Crippen LogP contribution is 2.31. The van der Waals surface area contributed by atoms with E-state index in [1.54, 1.807) is 6.07 Å². The van der Waals surface area contributed by atoms with Crippen LogP contribution in [0.1, 0.15) is 43.4 Å². The fourth-order valence-corrected chi connectivity index (χ4v) is 3.31. The number of benzene rings is 2. The number of ether oxygens (including phenoxy) is 1. The van der Waals surface area contributed by atoms with Crippen LogP contribution in [-0.4, -0.2) is 17.2 Å². The highest BCUT2D eigenvalue weighted by Gasteiger charge is 2.16. The average molecular weight is 353 g/mol. The van der Waals surface area contributed by atoms with Crippen molar-refractivity contribution in [2.75, 3.05) is 5.32 Å². The molecular weight excluding hydrogens is 326 g/mol. The summed E-state index contributed by atoms with van der Waals surface area (Å²) in [6.45, 7) is 4.37. The number of phenols is 1. The van der Waals surface area contributed by atoms with Crippen LogP contribution in [0.5, 0.6) is 11.5 Å². The topological polar surface area (TPSA) is 79.9 Å². The summed E-state index contributed by atoms with van der Waals surface area (Å²) in [6.07, 6.45) is 4.58. The number of aliphatic imine (C=N–C) groups is 1. The van der Waals surface area contributed by atoms with E-state index in [0.29, 0.717) is 18.3 Å². The van der Waals surface area contributed by atoms with Crippen LogP contribution in [0.2, 0.25) is 0 Å². The van der Waals surface area contributed by atoms with Gasteiger partial charge in [0.15, 0.2) is 5.96 Å². The molecule has 0 heterocycles. The summed E-state index contributed by atoms with van der Waals surface area (Å²) in [5.74, 6) is 1.45. The number of rotatable bonds is 5. The van der Waals surface area contributed by atoms with Gasteiger partial charge >= 0.3 is 0 Å². The van der Waals surface area contributed by atoms with Crippen LogP contribution in [0.25, 0.3) is 0 Å². The molecule has 3 rings (SSSR count). The molecule has 0 atom stereocenters. The molecule has 0 unspecified atom stereocenters. The van der Waals surface area contributed by atoms with E-state index in [-0.39, 0.29) is 6.10 Å². The molecule has 0 saturated heterocycles. The van der Waals surface area contributed by atoms with Crippen LogP contribution in [0.3, 0.4) is 0 Å². The third-order valence-corrected chi connectivity index (χ3v) is 4.53. The fourth-order valence-electron chi connectivity index (χ4n) is 3.31. The summed E-state index contributed by atoms with van der Waals surface area (Å²) in [5.41, 5.74) is 10.3. The van der Waals surface area contributed by atoms with Crippen LogP contribution in [0.4, 0.5) is 5.69 Å². The van der Waals surface area contributed by atoms with Gasteiger partial charge in [-0.2, -0.15) is 0 Å². The largest absolute Gasteiger partial charge is 0.508 e. The zero-order valence-corrected chi connectivity index (χ0v) is 15.5. The standard InChI is InChI=1S/C21H27N3O2/c1-14(2)26-17-10-8-16(9-11-17)24-21(22)23-13-19-18-6-4-3-5-15(18)7-12-20(19)25/h7-12,14,25H,3-6,13H2,1-2H3,(H3,22,23,24). The van der Waals surface area contributed by atoms with E-state index in [9.17, 15) is 5.11 Å². The fraction of sp³-hybridized carbons (Fsp3) is 0.381. The van der Waals surface area contributed by atoms with Crippen molar-refractivity contribution in [3.8, 4) is 11.5 Å². The predicted molar refractivity (Wildman–Crippen MR) is 106 cm³/mol. The number of nitrogens with two attached hydrogens (primary N) is 1. The first kappa shape index (κ1) is 18.1. The number of aromatic hydroxyl groups is 1. The average Bonchev–Trinajstić information content (AvgIpc) is 2.62. The third-order valence-electron chi connectivity index (χ3n) is 4.53. The zero-order valence-electron chi connectivity index (χ0n) is 15.5. The second kappa shape index (κ2) is 8.13. The maximum absolute atomic E-state index is 10.2. The molecule has 1 aliphatic carbocycles. The first-order valence-corrected chi connectivity index (χ1v) is 9.19. The van der Waals surface area contributed by atoms with Gasteiger partial charge in [-0.15, -0.1) is 0 Å². The Morgan fingerprint density at radius 2 is 1.88 bits per heavy atom. The van der Waals surface area contributed by atoms with Gasteiger partial charge in [0.25, 0.3) is 0 Å². The molecule has 0 aliphatic heterocycles. The molecule has 2 aromatic carbocycles. The number of fused-ring (bicyclic) bond motifs is 1. The number of guanidine groups is 1. The van der Waals surface area contributed by atoms with Crippen molar-refractivity contribution in [3.05, 3.63) is 53.1 Å². The van der Waals surface area contributed by atoms with Crippen LogP contribution in [-0.2, 0) is 19.4 Å². The SMILES string of the molecule is CC(C)Oc1ccc(NC(N)=NCc2c(O)ccc3c2CCCC3)cc1. The molecule has 1 aliphatic rings. The molecule has 0 amide bonds. The molecule has 4 N–H and O–H groups in total. The molecule has 2 aromatic rings.